The molecule has 7 heteroatoms. The Morgan fingerprint density at radius 1 is 1.53 bits per heavy atom. The fourth-order valence-electron chi connectivity index (χ4n) is 1.99. The summed E-state index contributed by atoms with van der Waals surface area (Å²) in [4.78, 5) is -0.395. The maximum atomic E-state index is 13.7. The van der Waals surface area contributed by atoms with E-state index in [-0.39, 0.29) is 25.8 Å². The van der Waals surface area contributed by atoms with Gasteiger partial charge in [0.15, 0.2) is 0 Å². The average Bonchev–Trinajstić information content (AvgIpc) is 2.39. The van der Waals surface area contributed by atoms with Crippen LogP contribution in [0, 0.1) is 5.82 Å². The lowest BCUT2D eigenvalue weighted by molar-refractivity contribution is 0.0101. The van der Waals surface area contributed by atoms with E-state index in [2.05, 4.69) is 0 Å². The molecule has 0 aromatic heterocycles. The molecule has 0 bridgehead atoms. The molecule has 1 unspecified atom stereocenters. The second-order valence-electron chi connectivity index (χ2n) is 4.47. The second kappa shape index (κ2) is 5.54. The number of aliphatic hydroxyl groups is 1. The fourth-order valence-corrected chi connectivity index (χ4v) is 3.60. The monoisotopic (exact) mass is 289 g/mol. The third-order valence-electron chi connectivity index (χ3n) is 3.00. The van der Waals surface area contributed by atoms with Gasteiger partial charge in [-0.2, -0.15) is 4.31 Å². The zero-order valence-electron chi connectivity index (χ0n) is 10.5. The van der Waals surface area contributed by atoms with Gasteiger partial charge in [0, 0.05) is 13.1 Å². The molecule has 106 valence electrons. The van der Waals surface area contributed by atoms with Crippen LogP contribution in [0.3, 0.4) is 0 Å². The molecule has 1 heterocycles. The van der Waals surface area contributed by atoms with Gasteiger partial charge in [-0.1, -0.05) is 6.07 Å². The molecule has 0 amide bonds. The Hall–Kier alpha value is -1.02. The van der Waals surface area contributed by atoms with Crippen molar-refractivity contribution in [3.63, 3.8) is 0 Å². The van der Waals surface area contributed by atoms with Gasteiger partial charge in [-0.25, -0.2) is 12.8 Å². The van der Waals surface area contributed by atoms with Crippen molar-refractivity contribution in [2.45, 2.75) is 24.5 Å². The minimum absolute atomic E-state index is 0.200. The highest BCUT2D eigenvalue weighted by Gasteiger charge is 2.31. The predicted octanol–water partition coefficient (Wildman–Crippen LogP) is 0.727. The molecule has 0 spiro atoms. The highest BCUT2D eigenvalue weighted by atomic mass is 32.2. The van der Waals surface area contributed by atoms with Crippen molar-refractivity contribution < 1.29 is 22.7 Å². The largest absolute Gasteiger partial charge is 0.392 e. The summed E-state index contributed by atoms with van der Waals surface area (Å²) in [7, 11) is -3.89. The first kappa shape index (κ1) is 14.4. The van der Waals surface area contributed by atoms with Crippen LogP contribution in [0.5, 0.6) is 0 Å². The molecule has 1 aliphatic rings. The lowest BCUT2D eigenvalue weighted by Gasteiger charge is -2.30. The summed E-state index contributed by atoms with van der Waals surface area (Å²) < 4.78 is 45.0. The number of morpholine rings is 1. The summed E-state index contributed by atoms with van der Waals surface area (Å²) in [6.07, 6.45) is -0.215. The van der Waals surface area contributed by atoms with Gasteiger partial charge in [0.05, 0.1) is 19.3 Å². The number of sulfonamides is 1. The van der Waals surface area contributed by atoms with E-state index < -0.39 is 20.7 Å². The third kappa shape index (κ3) is 2.94. The van der Waals surface area contributed by atoms with Crippen LogP contribution in [-0.2, 0) is 21.4 Å². The van der Waals surface area contributed by atoms with Crippen LogP contribution in [0.1, 0.15) is 12.5 Å². The number of hydrogen-bond donors (Lipinski definition) is 1. The zero-order valence-corrected chi connectivity index (χ0v) is 11.4. The molecule has 1 atom stereocenters. The van der Waals surface area contributed by atoms with E-state index in [9.17, 15) is 12.8 Å². The molecule has 1 saturated heterocycles. The Balaban J connectivity index is 2.38. The van der Waals surface area contributed by atoms with Crippen molar-refractivity contribution in [1.82, 2.24) is 4.31 Å². The zero-order chi connectivity index (χ0) is 14.0. The molecule has 2 rings (SSSR count). The normalized spacial score (nSPS) is 21.5. The van der Waals surface area contributed by atoms with Gasteiger partial charge in [0.1, 0.15) is 10.7 Å². The molecular formula is C12H16FNO4S. The number of ether oxygens (including phenoxy) is 1. The third-order valence-corrected chi connectivity index (χ3v) is 4.88. The van der Waals surface area contributed by atoms with E-state index in [4.69, 9.17) is 9.84 Å². The van der Waals surface area contributed by atoms with Crippen LogP contribution >= 0.6 is 0 Å². The summed E-state index contributed by atoms with van der Waals surface area (Å²) in [5, 5.41) is 9.02. The van der Waals surface area contributed by atoms with Gasteiger partial charge < -0.3 is 9.84 Å². The lowest BCUT2D eigenvalue weighted by Crippen LogP contribution is -2.44. The van der Waals surface area contributed by atoms with E-state index in [1.165, 1.54) is 16.4 Å². The van der Waals surface area contributed by atoms with E-state index in [0.717, 1.165) is 6.07 Å². The van der Waals surface area contributed by atoms with Crippen molar-refractivity contribution >= 4 is 10.0 Å². The average molecular weight is 289 g/mol. The molecule has 0 aliphatic carbocycles. The molecular weight excluding hydrogens is 273 g/mol. The molecule has 0 saturated carbocycles. The highest BCUT2D eigenvalue weighted by molar-refractivity contribution is 7.89. The SMILES string of the molecule is CC1CN(S(=O)(=O)c2cc(CO)ccc2F)CCO1. The van der Waals surface area contributed by atoms with Gasteiger partial charge in [0.2, 0.25) is 10.0 Å². The van der Waals surface area contributed by atoms with Crippen molar-refractivity contribution in [3.8, 4) is 0 Å². The summed E-state index contributed by atoms with van der Waals surface area (Å²) >= 11 is 0. The van der Waals surface area contributed by atoms with Crippen LogP contribution in [0.25, 0.3) is 0 Å². The van der Waals surface area contributed by atoms with Crippen molar-refractivity contribution in [2.75, 3.05) is 19.7 Å². The number of aliphatic hydroxyl groups excluding tert-OH is 1. The van der Waals surface area contributed by atoms with Crippen molar-refractivity contribution in [1.29, 1.82) is 0 Å². The summed E-state index contributed by atoms with van der Waals surface area (Å²) in [6, 6.07) is 3.59. The number of benzene rings is 1. The molecule has 1 aromatic rings. The first-order valence-corrected chi connectivity index (χ1v) is 7.40. The van der Waals surface area contributed by atoms with Crippen molar-refractivity contribution in [3.05, 3.63) is 29.6 Å². The molecule has 1 aliphatic heterocycles. The fraction of sp³-hybridized carbons (Fsp3) is 0.500. The standard InChI is InChI=1S/C12H16FNO4S/c1-9-7-14(4-5-18-9)19(16,17)12-6-10(8-15)2-3-11(12)13/h2-3,6,9,15H,4-5,7-8H2,1H3. The van der Waals surface area contributed by atoms with E-state index in [1.807, 2.05) is 0 Å². The molecule has 19 heavy (non-hydrogen) atoms. The lowest BCUT2D eigenvalue weighted by atomic mass is 10.2. The van der Waals surface area contributed by atoms with Gasteiger partial charge >= 0.3 is 0 Å². The van der Waals surface area contributed by atoms with E-state index in [1.54, 1.807) is 6.92 Å². The van der Waals surface area contributed by atoms with E-state index in [0.29, 0.717) is 12.2 Å². The maximum absolute atomic E-state index is 13.7. The minimum atomic E-state index is -3.89. The maximum Gasteiger partial charge on any atom is 0.246 e. The Labute approximate surface area is 111 Å². The van der Waals surface area contributed by atoms with Gasteiger partial charge in [-0.15, -0.1) is 0 Å². The number of nitrogens with zero attached hydrogens (tertiary/aromatic N) is 1. The molecule has 1 aromatic carbocycles. The number of hydrogen-bond acceptors (Lipinski definition) is 4. The Morgan fingerprint density at radius 3 is 2.89 bits per heavy atom. The van der Waals surface area contributed by atoms with Crippen LogP contribution in [0.2, 0.25) is 0 Å². The van der Waals surface area contributed by atoms with Crippen molar-refractivity contribution in [2.24, 2.45) is 0 Å². The highest BCUT2D eigenvalue weighted by Crippen LogP contribution is 2.22. The molecule has 0 radical (unpaired) electrons. The molecule has 1 fully saturated rings. The second-order valence-corrected chi connectivity index (χ2v) is 6.37. The Morgan fingerprint density at radius 2 is 2.26 bits per heavy atom. The van der Waals surface area contributed by atoms with Gasteiger partial charge in [-0.05, 0) is 24.6 Å². The number of rotatable bonds is 3. The number of halogens is 1. The van der Waals surface area contributed by atoms with Gasteiger partial charge in [-0.3, -0.25) is 0 Å². The summed E-state index contributed by atoms with van der Waals surface area (Å²) in [6.45, 7) is 2.13. The van der Waals surface area contributed by atoms with Crippen LogP contribution < -0.4 is 0 Å². The van der Waals surface area contributed by atoms with Crippen LogP contribution in [0.15, 0.2) is 23.1 Å². The Kier molecular flexibility index (Phi) is 4.19. The topological polar surface area (TPSA) is 66.8 Å². The van der Waals surface area contributed by atoms with Crippen LogP contribution in [0.4, 0.5) is 4.39 Å². The van der Waals surface area contributed by atoms with Gasteiger partial charge in [0.25, 0.3) is 0 Å². The minimum Gasteiger partial charge on any atom is -0.392 e. The summed E-state index contributed by atoms with van der Waals surface area (Å²) in [5.41, 5.74) is 0.362. The van der Waals surface area contributed by atoms with Crippen LogP contribution in [-0.4, -0.2) is 43.6 Å². The molecule has 1 N–H and O–H groups in total. The molecule has 5 nitrogen and oxygen atoms in total. The predicted molar refractivity (Wildman–Crippen MR) is 66.5 cm³/mol. The first-order valence-electron chi connectivity index (χ1n) is 5.96. The quantitative estimate of drug-likeness (QED) is 0.890. The summed E-state index contributed by atoms with van der Waals surface area (Å²) in [5.74, 6) is -0.809. The smallest absolute Gasteiger partial charge is 0.246 e. The van der Waals surface area contributed by atoms with E-state index >= 15 is 0 Å². The first-order chi connectivity index (χ1) is 8.95. The Bertz CT molecular complexity index is 561.